The average molecular weight is 391 g/mol. The summed E-state index contributed by atoms with van der Waals surface area (Å²) in [5.74, 6) is 0.978. The van der Waals surface area contributed by atoms with Crippen molar-refractivity contribution in [2.45, 2.75) is 40.2 Å². The van der Waals surface area contributed by atoms with Crippen LogP contribution in [0, 0.1) is 0 Å². The van der Waals surface area contributed by atoms with Gasteiger partial charge in [0.05, 0.1) is 12.3 Å². The highest BCUT2D eigenvalue weighted by atomic mass is 127. The lowest BCUT2D eigenvalue weighted by molar-refractivity contribution is 0.596. The predicted octanol–water partition coefficient (Wildman–Crippen LogP) is 1.39. The number of hydrogen-bond donors (Lipinski definition) is 2. The summed E-state index contributed by atoms with van der Waals surface area (Å²) in [4.78, 5) is 4.25. The molecule has 0 radical (unpaired) electrons. The number of aliphatic imine (C=N–C) groups is 1. The van der Waals surface area contributed by atoms with Gasteiger partial charge in [0.25, 0.3) is 0 Å². The number of guanidine groups is 1. The van der Waals surface area contributed by atoms with Crippen LogP contribution in [0.1, 0.15) is 34.1 Å². The number of nitrogens with zero attached hydrogens (tertiary/aromatic N) is 1. The number of sulfone groups is 1. The summed E-state index contributed by atoms with van der Waals surface area (Å²) >= 11 is 0. The summed E-state index contributed by atoms with van der Waals surface area (Å²) in [6.45, 7) is 8.86. The Labute approximate surface area is 128 Å². The van der Waals surface area contributed by atoms with Crippen molar-refractivity contribution in [3.8, 4) is 0 Å². The maximum absolute atomic E-state index is 11.3. The highest BCUT2D eigenvalue weighted by molar-refractivity contribution is 14.0. The SMILES string of the molecule is CCNC(=NCCS(=O)(=O)CC)NC(C)CC.I. The molecule has 0 spiro atoms. The number of halogens is 1. The van der Waals surface area contributed by atoms with Crippen LogP contribution in [0.25, 0.3) is 0 Å². The molecule has 0 bridgehead atoms. The van der Waals surface area contributed by atoms with Gasteiger partial charge in [-0.2, -0.15) is 0 Å². The van der Waals surface area contributed by atoms with E-state index < -0.39 is 9.84 Å². The summed E-state index contributed by atoms with van der Waals surface area (Å²) in [7, 11) is -2.93. The second kappa shape index (κ2) is 10.8. The van der Waals surface area contributed by atoms with Gasteiger partial charge in [0, 0.05) is 18.3 Å². The Morgan fingerprint density at radius 1 is 1.28 bits per heavy atom. The molecule has 0 aromatic heterocycles. The maximum atomic E-state index is 11.3. The second-order valence-electron chi connectivity index (χ2n) is 3.95. The summed E-state index contributed by atoms with van der Waals surface area (Å²) < 4.78 is 22.6. The molecule has 110 valence electrons. The van der Waals surface area contributed by atoms with Gasteiger partial charge in [0.2, 0.25) is 0 Å². The second-order valence-corrected chi connectivity index (χ2v) is 6.42. The van der Waals surface area contributed by atoms with E-state index in [0.29, 0.717) is 18.5 Å². The van der Waals surface area contributed by atoms with Gasteiger partial charge in [-0.25, -0.2) is 8.42 Å². The van der Waals surface area contributed by atoms with Crippen LogP contribution in [-0.2, 0) is 9.84 Å². The first-order valence-corrected chi connectivity index (χ1v) is 8.02. The van der Waals surface area contributed by atoms with E-state index in [9.17, 15) is 8.42 Å². The largest absolute Gasteiger partial charge is 0.357 e. The Balaban J connectivity index is 0. The van der Waals surface area contributed by atoms with Crippen molar-refractivity contribution in [2.24, 2.45) is 4.99 Å². The lowest BCUT2D eigenvalue weighted by atomic mass is 10.3. The third-order valence-corrected chi connectivity index (χ3v) is 4.14. The van der Waals surface area contributed by atoms with E-state index >= 15 is 0 Å². The van der Waals surface area contributed by atoms with Crippen LogP contribution < -0.4 is 10.6 Å². The minimum absolute atomic E-state index is 0. The van der Waals surface area contributed by atoms with E-state index in [1.54, 1.807) is 6.92 Å². The molecule has 0 aromatic rings. The quantitative estimate of drug-likeness (QED) is 0.391. The smallest absolute Gasteiger partial charge is 0.191 e. The minimum atomic E-state index is -2.93. The first kappa shape index (κ1) is 20.3. The van der Waals surface area contributed by atoms with Gasteiger partial charge in [-0.3, -0.25) is 4.99 Å². The lowest BCUT2D eigenvalue weighted by Gasteiger charge is -2.16. The first-order valence-electron chi connectivity index (χ1n) is 6.20. The van der Waals surface area contributed by atoms with E-state index in [1.807, 2.05) is 6.92 Å². The van der Waals surface area contributed by atoms with Crippen LogP contribution in [-0.4, -0.2) is 45.0 Å². The Bertz CT molecular complexity index is 331. The molecule has 0 heterocycles. The third kappa shape index (κ3) is 9.93. The fraction of sp³-hybridized carbons (Fsp3) is 0.909. The van der Waals surface area contributed by atoms with Crippen molar-refractivity contribution in [1.82, 2.24) is 10.6 Å². The van der Waals surface area contributed by atoms with Crippen molar-refractivity contribution in [2.75, 3.05) is 24.6 Å². The Morgan fingerprint density at radius 3 is 2.33 bits per heavy atom. The molecule has 0 saturated carbocycles. The summed E-state index contributed by atoms with van der Waals surface area (Å²) in [6, 6.07) is 0.329. The summed E-state index contributed by atoms with van der Waals surface area (Å²) in [5.41, 5.74) is 0. The molecule has 0 saturated heterocycles. The average Bonchev–Trinajstić information content (AvgIpc) is 2.29. The molecule has 0 aromatic carbocycles. The van der Waals surface area contributed by atoms with E-state index in [-0.39, 0.29) is 35.5 Å². The molecule has 0 aliphatic heterocycles. The maximum Gasteiger partial charge on any atom is 0.191 e. The molecular weight excluding hydrogens is 365 g/mol. The van der Waals surface area contributed by atoms with Crippen LogP contribution >= 0.6 is 24.0 Å². The van der Waals surface area contributed by atoms with Gasteiger partial charge in [0.1, 0.15) is 0 Å². The molecule has 0 amide bonds. The molecular formula is C11H26IN3O2S. The van der Waals surface area contributed by atoms with Gasteiger partial charge < -0.3 is 10.6 Å². The van der Waals surface area contributed by atoms with Crippen LogP contribution in [0.3, 0.4) is 0 Å². The van der Waals surface area contributed by atoms with E-state index in [1.165, 1.54) is 0 Å². The van der Waals surface area contributed by atoms with Crippen molar-refractivity contribution < 1.29 is 8.42 Å². The molecule has 1 atom stereocenters. The topological polar surface area (TPSA) is 70.6 Å². The number of hydrogen-bond acceptors (Lipinski definition) is 3. The zero-order chi connectivity index (χ0) is 13.3. The highest BCUT2D eigenvalue weighted by Gasteiger charge is 2.07. The van der Waals surface area contributed by atoms with Gasteiger partial charge in [0.15, 0.2) is 15.8 Å². The van der Waals surface area contributed by atoms with Crippen LogP contribution in [0.4, 0.5) is 0 Å². The molecule has 18 heavy (non-hydrogen) atoms. The normalized spacial score (nSPS) is 13.7. The molecule has 0 aliphatic rings. The third-order valence-electron chi connectivity index (χ3n) is 2.45. The lowest BCUT2D eigenvalue weighted by Crippen LogP contribution is -2.42. The highest BCUT2D eigenvalue weighted by Crippen LogP contribution is 1.91. The number of nitrogens with one attached hydrogen (secondary N) is 2. The molecule has 5 nitrogen and oxygen atoms in total. The van der Waals surface area contributed by atoms with Gasteiger partial charge >= 0.3 is 0 Å². The molecule has 1 unspecified atom stereocenters. The Morgan fingerprint density at radius 2 is 1.89 bits per heavy atom. The zero-order valence-corrected chi connectivity index (χ0v) is 14.8. The van der Waals surface area contributed by atoms with Gasteiger partial charge in [-0.05, 0) is 20.3 Å². The van der Waals surface area contributed by atoms with Gasteiger partial charge in [-0.1, -0.05) is 13.8 Å². The number of rotatable bonds is 7. The van der Waals surface area contributed by atoms with Crippen molar-refractivity contribution in [3.63, 3.8) is 0 Å². The van der Waals surface area contributed by atoms with Gasteiger partial charge in [-0.15, -0.1) is 24.0 Å². The monoisotopic (exact) mass is 391 g/mol. The van der Waals surface area contributed by atoms with Crippen LogP contribution in [0.15, 0.2) is 4.99 Å². The Kier molecular flexibility index (Phi) is 12.2. The fourth-order valence-corrected chi connectivity index (χ4v) is 1.75. The van der Waals surface area contributed by atoms with Crippen LogP contribution in [0.5, 0.6) is 0 Å². The Hall–Kier alpha value is -0.0500. The fourth-order valence-electron chi connectivity index (χ4n) is 1.10. The van der Waals surface area contributed by atoms with E-state index in [4.69, 9.17) is 0 Å². The standard InChI is InChI=1S/C11H25N3O2S.HI/c1-5-10(4)14-11(12-6-2)13-8-9-17(15,16)7-3;/h10H,5-9H2,1-4H3,(H2,12,13,14);1H. The first-order chi connectivity index (χ1) is 7.95. The van der Waals surface area contributed by atoms with Crippen molar-refractivity contribution in [3.05, 3.63) is 0 Å². The summed E-state index contributed by atoms with van der Waals surface area (Å²) in [6.07, 6.45) is 0.998. The van der Waals surface area contributed by atoms with Crippen molar-refractivity contribution >= 4 is 39.8 Å². The summed E-state index contributed by atoms with van der Waals surface area (Å²) in [5, 5.41) is 6.31. The van der Waals surface area contributed by atoms with Crippen LogP contribution in [0.2, 0.25) is 0 Å². The van der Waals surface area contributed by atoms with E-state index in [0.717, 1.165) is 13.0 Å². The van der Waals surface area contributed by atoms with Crippen molar-refractivity contribution in [1.29, 1.82) is 0 Å². The molecule has 0 aliphatic carbocycles. The molecule has 0 rings (SSSR count). The zero-order valence-electron chi connectivity index (χ0n) is 11.7. The minimum Gasteiger partial charge on any atom is -0.357 e. The van der Waals surface area contributed by atoms with E-state index in [2.05, 4.69) is 29.5 Å². The molecule has 0 fully saturated rings. The molecule has 2 N–H and O–H groups in total. The predicted molar refractivity (Wildman–Crippen MR) is 88.6 cm³/mol. The molecule has 7 heteroatoms.